The Morgan fingerprint density at radius 3 is 2.77 bits per heavy atom. The highest BCUT2D eigenvalue weighted by atomic mass is 16.1. The molecule has 0 aromatic heterocycles. The first kappa shape index (κ1) is 33.9. The molecule has 234 valence electrons. The van der Waals surface area contributed by atoms with Gasteiger partial charge in [0.25, 0.3) is 0 Å². The molecule has 43 heavy (non-hydrogen) atoms. The molecule has 1 heterocycles. The second-order valence-electron chi connectivity index (χ2n) is 11.6. The molecule has 8 heteroatoms. The lowest BCUT2D eigenvalue weighted by atomic mass is 9.76. The van der Waals surface area contributed by atoms with Crippen molar-refractivity contribution in [3.8, 4) is 11.8 Å². The Kier molecular flexibility index (Phi) is 14.3. The summed E-state index contributed by atoms with van der Waals surface area (Å²) in [5.41, 5.74) is 6.62. The van der Waals surface area contributed by atoms with Gasteiger partial charge in [-0.2, -0.15) is 0 Å². The summed E-state index contributed by atoms with van der Waals surface area (Å²) in [5.74, 6) is 10.2. The van der Waals surface area contributed by atoms with Crippen LogP contribution >= 0.6 is 0 Å². The van der Waals surface area contributed by atoms with Gasteiger partial charge < -0.3 is 21.4 Å². The van der Waals surface area contributed by atoms with Crippen molar-refractivity contribution in [2.45, 2.75) is 65.7 Å². The first-order chi connectivity index (χ1) is 20.8. The van der Waals surface area contributed by atoms with Gasteiger partial charge in [0.1, 0.15) is 5.84 Å². The number of aliphatic imine (C=N–C) groups is 2. The lowest BCUT2D eigenvalue weighted by Gasteiger charge is -2.29. The molecule has 1 aliphatic heterocycles. The number of amidine groups is 2. The number of hydrogen-bond acceptors (Lipinski definition) is 6. The largest absolute Gasteiger partial charge is 0.373 e. The van der Waals surface area contributed by atoms with E-state index in [2.05, 4.69) is 101 Å². The number of carbonyl (C=O) groups is 1. The summed E-state index contributed by atoms with van der Waals surface area (Å²) >= 11 is 0. The highest BCUT2D eigenvalue weighted by Gasteiger charge is 2.27. The van der Waals surface area contributed by atoms with E-state index in [0.29, 0.717) is 43.7 Å². The molecule has 0 fully saturated rings. The smallest absolute Gasteiger partial charge is 0.219 e. The number of rotatable bonds is 14. The molecule has 0 bridgehead atoms. The van der Waals surface area contributed by atoms with E-state index >= 15 is 0 Å². The Labute approximate surface area is 260 Å². The third-order valence-corrected chi connectivity index (χ3v) is 8.12. The fourth-order valence-electron chi connectivity index (χ4n) is 5.46. The van der Waals surface area contributed by atoms with Gasteiger partial charge in [0.05, 0.1) is 12.4 Å². The zero-order chi connectivity index (χ0) is 31.0. The molecule has 3 rings (SSSR count). The van der Waals surface area contributed by atoms with Gasteiger partial charge in [-0.05, 0) is 43.3 Å². The van der Waals surface area contributed by atoms with E-state index in [1.165, 1.54) is 5.57 Å². The number of hydrazine groups is 1. The van der Waals surface area contributed by atoms with Crippen LogP contribution in [0.15, 0.2) is 70.5 Å². The minimum atomic E-state index is 0.0676. The van der Waals surface area contributed by atoms with E-state index in [0.717, 1.165) is 74.8 Å². The number of amides is 1. The van der Waals surface area contributed by atoms with Crippen LogP contribution in [0.2, 0.25) is 0 Å². The van der Waals surface area contributed by atoms with Crippen molar-refractivity contribution in [1.82, 2.24) is 26.4 Å². The highest BCUT2D eigenvalue weighted by molar-refractivity contribution is 5.86. The normalized spacial score (nSPS) is 24.4. The summed E-state index contributed by atoms with van der Waals surface area (Å²) in [5, 5.41) is 12.0. The summed E-state index contributed by atoms with van der Waals surface area (Å²) in [7, 11) is 1.79. The molecular weight excluding hydrogens is 534 g/mol. The molecular formula is C35H53N7O. The topological polar surface area (TPSA) is 93.1 Å². The second kappa shape index (κ2) is 18.2. The van der Waals surface area contributed by atoms with E-state index in [-0.39, 0.29) is 11.8 Å². The summed E-state index contributed by atoms with van der Waals surface area (Å²) in [6.45, 7) is 18.2. The Morgan fingerprint density at radius 2 is 2.02 bits per heavy atom. The van der Waals surface area contributed by atoms with Crippen LogP contribution in [0.25, 0.3) is 0 Å². The summed E-state index contributed by atoms with van der Waals surface area (Å²) in [4.78, 5) is 20.9. The van der Waals surface area contributed by atoms with Gasteiger partial charge in [0.2, 0.25) is 5.91 Å². The fraction of sp³-hybridized carbons (Fsp3) is 0.571. The van der Waals surface area contributed by atoms with Crippen molar-refractivity contribution in [3.63, 3.8) is 0 Å². The standard InChI is InChI=1S/C35H53N7O/c1-7-21-42(41-26(4)8-2)25-34-39-24-32-18-17-30(22-31(32)15-13-27(5)40-34)29-12-10-11-28(14-16-29)23-38-33(36-6)19-20-37-35(43)9-3/h13-16,22,28-30,32,41H,4-5,7-9,11,17-21,23-25H2,1-3,6H3,(H,36,38)(H,37,43)(H,39,40)/b15-13-/t28?,29?,30?,32-/m0/s1. The minimum absolute atomic E-state index is 0.0676. The Morgan fingerprint density at radius 1 is 1.19 bits per heavy atom. The molecule has 3 unspecified atom stereocenters. The van der Waals surface area contributed by atoms with Crippen molar-refractivity contribution in [1.29, 1.82) is 0 Å². The van der Waals surface area contributed by atoms with Crippen LogP contribution in [0.3, 0.4) is 0 Å². The third-order valence-electron chi connectivity index (χ3n) is 8.12. The van der Waals surface area contributed by atoms with Crippen LogP contribution in [0.4, 0.5) is 0 Å². The lowest BCUT2D eigenvalue weighted by Crippen LogP contribution is -2.44. The second-order valence-corrected chi connectivity index (χ2v) is 11.6. The molecule has 3 aliphatic rings. The molecule has 0 aromatic carbocycles. The zero-order valence-electron chi connectivity index (χ0n) is 26.8. The van der Waals surface area contributed by atoms with E-state index in [4.69, 9.17) is 4.99 Å². The molecule has 4 atom stereocenters. The van der Waals surface area contributed by atoms with Gasteiger partial charge in [-0.25, -0.2) is 5.01 Å². The van der Waals surface area contributed by atoms with Crippen molar-refractivity contribution < 1.29 is 4.79 Å². The van der Waals surface area contributed by atoms with Crippen LogP contribution in [0, 0.1) is 35.5 Å². The number of hydrogen-bond donors (Lipinski definition) is 4. The quantitative estimate of drug-likeness (QED) is 0.0765. The molecule has 0 radical (unpaired) electrons. The molecule has 0 aromatic rings. The van der Waals surface area contributed by atoms with Gasteiger partial charge in [0, 0.05) is 81.6 Å². The molecule has 2 aliphatic carbocycles. The zero-order valence-corrected chi connectivity index (χ0v) is 26.8. The monoisotopic (exact) mass is 587 g/mol. The third kappa shape index (κ3) is 11.6. The Hall–Kier alpha value is -3.57. The predicted molar refractivity (Wildman–Crippen MR) is 180 cm³/mol. The van der Waals surface area contributed by atoms with Gasteiger partial charge in [-0.1, -0.05) is 64.2 Å². The predicted octanol–water partition coefficient (Wildman–Crippen LogP) is 4.88. The van der Waals surface area contributed by atoms with Gasteiger partial charge >= 0.3 is 0 Å². The van der Waals surface area contributed by atoms with Crippen molar-refractivity contribution in [3.05, 3.63) is 60.5 Å². The number of fused-ring (bicyclic) bond motifs is 1. The Balaban J connectivity index is 1.61. The number of allylic oxidation sites excluding steroid dienone is 5. The van der Waals surface area contributed by atoms with Gasteiger partial charge in [0.15, 0.2) is 0 Å². The summed E-state index contributed by atoms with van der Waals surface area (Å²) in [6, 6.07) is 0. The summed E-state index contributed by atoms with van der Waals surface area (Å²) in [6.07, 6.45) is 17.5. The number of nitrogens with zero attached hydrogens (tertiary/aromatic N) is 3. The fourth-order valence-corrected chi connectivity index (χ4v) is 5.46. The Bertz CT molecular complexity index is 1180. The average molecular weight is 588 g/mol. The molecule has 8 nitrogen and oxygen atoms in total. The first-order valence-electron chi connectivity index (χ1n) is 16.1. The van der Waals surface area contributed by atoms with Crippen LogP contribution in [-0.4, -0.2) is 62.4 Å². The molecule has 0 saturated carbocycles. The van der Waals surface area contributed by atoms with Crippen LogP contribution in [0.1, 0.15) is 65.7 Å². The van der Waals surface area contributed by atoms with Crippen LogP contribution < -0.4 is 21.4 Å². The minimum Gasteiger partial charge on any atom is -0.373 e. The number of carbonyl (C=O) groups excluding carboxylic acids is 1. The maximum atomic E-state index is 11.5. The maximum absolute atomic E-state index is 11.5. The summed E-state index contributed by atoms with van der Waals surface area (Å²) < 4.78 is 0. The van der Waals surface area contributed by atoms with E-state index < -0.39 is 0 Å². The van der Waals surface area contributed by atoms with E-state index in [1.807, 2.05) is 6.92 Å². The van der Waals surface area contributed by atoms with Crippen molar-refractivity contribution >= 4 is 17.6 Å². The molecule has 0 saturated heterocycles. The lowest BCUT2D eigenvalue weighted by molar-refractivity contribution is -0.120. The molecule has 1 amide bonds. The number of nitrogens with one attached hydrogen (secondary N) is 4. The van der Waals surface area contributed by atoms with E-state index in [1.54, 1.807) is 7.05 Å². The SMILES string of the molecule is C=C1/C=C\C2=CC(C3C#CCC(CNC(CCNC(=O)CC)=NC)C=C3)CC[C@H]2CN=C(CN(CCC)NC(=C)CC)N1. The van der Waals surface area contributed by atoms with Crippen LogP contribution in [0.5, 0.6) is 0 Å². The molecule has 4 N–H and O–H groups in total. The van der Waals surface area contributed by atoms with Crippen molar-refractivity contribution in [2.24, 2.45) is 33.7 Å². The van der Waals surface area contributed by atoms with E-state index in [9.17, 15) is 4.79 Å². The highest BCUT2D eigenvalue weighted by Crippen LogP contribution is 2.35. The maximum Gasteiger partial charge on any atom is 0.219 e. The van der Waals surface area contributed by atoms with Gasteiger partial charge in [-0.3, -0.25) is 14.8 Å². The molecule has 0 spiro atoms. The van der Waals surface area contributed by atoms with Crippen LogP contribution in [-0.2, 0) is 4.79 Å². The first-order valence-corrected chi connectivity index (χ1v) is 16.1. The van der Waals surface area contributed by atoms with Gasteiger partial charge in [-0.15, -0.1) is 5.92 Å². The average Bonchev–Trinajstić information content (AvgIpc) is 3.22. The van der Waals surface area contributed by atoms with Crippen molar-refractivity contribution in [2.75, 3.05) is 39.8 Å².